The van der Waals surface area contributed by atoms with E-state index in [9.17, 15) is 14.0 Å². The molecule has 0 unspecified atom stereocenters. The third-order valence-corrected chi connectivity index (χ3v) is 5.95. The lowest BCUT2D eigenvalue weighted by atomic mass is 9.98. The van der Waals surface area contributed by atoms with Crippen LogP contribution >= 0.6 is 23.2 Å². The van der Waals surface area contributed by atoms with Crippen molar-refractivity contribution < 1.29 is 13.6 Å². The molecule has 5 rings (SSSR count). The van der Waals surface area contributed by atoms with Gasteiger partial charge in [0.1, 0.15) is 17.2 Å². The van der Waals surface area contributed by atoms with E-state index in [4.69, 9.17) is 27.6 Å². The summed E-state index contributed by atoms with van der Waals surface area (Å²) < 4.78 is 19.6. The summed E-state index contributed by atoms with van der Waals surface area (Å²) in [5.74, 6) is -0.856. The van der Waals surface area contributed by atoms with E-state index in [1.54, 1.807) is 43.3 Å². The minimum atomic E-state index is -0.865. The number of aryl methyl sites for hydroxylation is 1. The molecular weight excluding hydrogens is 442 g/mol. The van der Waals surface area contributed by atoms with E-state index in [1.165, 1.54) is 17.0 Å². The molecule has 1 aliphatic heterocycles. The Balaban J connectivity index is 1.84. The highest BCUT2D eigenvalue weighted by atomic mass is 35.5. The minimum Gasteiger partial charge on any atom is -0.450 e. The zero-order chi connectivity index (χ0) is 21.9. The van der Waals surface area contributed by atoms with Crippen LogP contribution in [0.15, 0.2) is 63.8 Å². The number of carbonyl (C=O) groups excluding carboxylic acids is 1. The summed E-state index contributed by atoms with van der Waals surface area (Å²) in [6.07, 6.45) is 0. The number of hydrogen-bond donors (Lipinski definition) is 0. The number of fused-ring (bicyclic) bond motifs is 2. The molecule has 0 radical (unpaired) electrons. The number of pyridine rings is 1. The van der Waals surface area contributed by atoms with E-state index in [2.05, 4.69) is 4.98 Å². The normalized spacial score (nSPS) is 15.5. The van der Waals surface area contributed by atoms with E-state index < -0.39 is 23.2 Å². The first-order valence-corrected chi connectivity index (χ1v) is 10.1. The first kappa shape index (κ1) is 19.7. The van der Waals surface area contributed by atoms with Crippen LogP contribution in [0.4, 0.5) is 10.2 Å². The molecule has 154 valence electrons. The van der Waals surface area contributed by atoms with Gasteiger partial charge in [-0.05, 0) is 55.0 Å². The van der Waals surface area contributed by atoms with Crippen molar-refractivity contribution >= 4 is 45.9 Å². The molecule has 1 aliphatic rings. The van der Waals surface area contributed by atoms with Crippen LogP contribution in [0.2, 0.25) is 10.0 Å². The van der Waals surface area contributed by atoms with Crippen LogP contribution < -0.4 is 10.3 Å². The molecule has 31 heavy (non-hydrogen) atoms. The molecule has 0 bridgehead atoms. The quantitative estimate of drug-likeness (QED) is 0.390. The predicted molar refractivity (Wildman–Crippen MR) is 117 cm³/mol. The smallest absolute Gasteiger partial charge is 0.296 e. The van der Waals surface area contributed by atoms with Crippen molar-refractivity contribution in [3.63, 3.8) is 0 Å². The average Bonchev–Trinajstić information content (AvgIpc) is 3.03. The van der Waals surface area contributed by atoms with Gasteiger partial charge in [0.05, 0.1) is 27.0 Å². The lowest BCUT2D eigenvalue weighted by molar-refractivity contribution is 0.0970. The molecule has 0 fully saturated rings. The topological polar surface area (TPSA) is 63.4 Å². The molecule has 0 saturated carbocycles. The maximum Gasteiger partial charge on any atom is 0.296 e. The van der Waals surface area contributed by atoms with Crippen LogP contribution in [0, 0.1) is 12.7 Å². The number of aromatic nitrogens is 1. The van der Waals surface area contributed by atoms with Crippen LogP contribution in [0.3, 0.4) is 0 Å². The molecule has 0 aliphatic carbocycles. The summed E-state index contributed by atoms with van der Waals surface area (Å²) in [5, 5.41) is 0.659. The second kappa shape index (κ2) is 7.18. The summed E-state index contributed by atoms with van der Waals surface area (Å²) in [6, 6.07) is 12.8. The van der Waals surface area contributed by atoms with Crippen molar-refractivity contribution in [2.24, 2.45) is 0 Å². The summed E-state index contributed by atoms with van der Waals surface area (Å²) in [6.45, 7) is 1.80. The Morgan fingerprint density at radius 2 is 1.84 bits per heavy atom. The van der Waals surface area contributed by atoms with Crippen molar-refractivity contribution in [3.8, 4) is 0 Å². The number of rotatable bonds is 2. The van der Waals surface area contributed by atoms with Gasteiger partial charge in [0.25, 0.3) is 5.91 Å². The van der Waals surface area contributed by atoms with Gasteiger partial charge >= 0.3 is 0 Å². The van der Waals surface area contributed by atoms with Crippen molar-refractivity contribution in [2.45, 2.75) is 13.0 Å². The molecule has 0 spiro atoms. The van der Waals surface area contributed by atoms with E-state index in [0.29, 0.717) is 22.1 Å². The maximum absolute atomic E-state index is 13.8. The van der Waals surface area contributed by atoms with Crippen LogP contribution in [0.1, 0.15) is 33.4 Å². The highest BCUT2D eigenvalue weighted by molar-refractivity contribution is 6.42. The molecule has 0 N–H and O–H groups in total. The number of benzene rings is 2. The van der Waals surface area contributed by atoms with E-state index >= 15 is 0 Å². The van der Waals surface area contributed by atoms with Crippen molar-refractivity contribution in [1.82, 2.24) is 4.98 Å². The third-order valence-electron chi connectivity index (χ3n) is 5.21. The molecule has 3 heterocycles. The van der Waals surface area contributed by atoms with Gasteiger partial charge in [-0.2, -0.15) is 0 Å². The largest absolute Gasteiger partial charge is 0.450 e. The van der Waals surface area contributed by atoms with E-state index in [0.717, 1.165) is 6.07 Å². The Kier molecular flexibility index (Phi) is 4.57. The Morgan fingerprint density at radius 3 is 2.58 bits per heavy atom. The predicted octanol–water partition coefficient (Wildman–Crippen LogP) is 5.69. The highest BCUT2D eigenvalue weighted by Crippen LogP contribution is 2.41. The molecule has 4 aromatic rings. The lowest BCUT2D eigenvalue weighted by Crippen LogP contribution is -2.30. The van der Waals surface area contributed by atoms with Crippen LogP contribution in [0.5, 0.6) is 0 Å². The van der Waals surface area contributed by atoms with Crippen LogP contribution in [0.25, 0.3) is 11.0 Å². The number of amides is 1. The van der Waals surface area contributed by atoms with Crippen LogP contribution in [-0.4, -0.2) is 10.9 Å². The van der Waals surface area contributed by atoms with E-state index in [-0.39, 0.29) is 27.3 Å². The Morgan fingerprint density at radius 1 is 1.03 bits per heavy atom. The van der Waals surface area contributed by atoms with Gasteiger partial charge in [0.15, 0.2) is 5.43 Å². The monoisotopic (exact) mass is 454 g/mol. The molecule has 8 heteroatoms. The number of halogens is 3. The van der Waals surface area contributed by atoms with E-state index in [1.807, 2.05) is 0 Å². The second-order valence-corrected chi connectivity index (χ2v) is 8.02. The first-order valence-electron chi connectivity index (χ1n) is 9.33. The Labute approximate surface area is 185 Å². The molecule has 2 aromatic carbocycles. The summed E-state index contributed by atoms with van der Waals surface area (Å²) in [5.41, 5.74) is 0.985. The fourth-order valence-electron chi connectivity index (χ4n) is 3.84. The molecular formula is C23H13Cl2FN2O3. The number of hydrogen-bond acceptors (Lipinski definition) is 4. The average molecular weight is 455 g/mol. The standard InChI is InChI=1S/C23H13Cl2FN2O3/c1-11-3-2-4-18(27-11)28-20(12-5-7-15(24)16(25)9-12)19-21(29)14-10-13(26)6-8-17(14)31-22(19)23(28)30/h2-10,20H,1H3/t20-/m0/s1. The molecule has 1 atom stereocenters. The number of nitrogens with zero attached hydrogens (tertiary/aromatic N) is 2. The number of anilines is 1. The van der Waals surface area contributed by atoms with Gasteiger partial charge in [-0.1, -0.05) is 35.3 Å². The van der Waals surface area contributed by atoms with Gasteiger partial charge in [-0.25, -0.2) is 9.37 Å². The van der Waals surface area contributed by atoms with Gasteiger partial charge in [0, 0.05) is 5.69 Å². The first-order chi connectivity index (χ1) is 14.8. The molecule has 2 aromatic heterocycles. The SMILES string of the molecule is Cc1cccc(N2C(=O)c3oc4ccc(F)cc4c(=O)c3[C@@H]2c2ccc(Cl)c(Cl)c2)n1. The summed E-state index contributed by atoms with van der Waals surface area (Å²) in [7, 11) is 0. The van der Waals surface area contributed by atoms with Crippen molar-refractivity contribution in [2.75, 3.05) is 4.90 Å². The molecule has 5 nitrogen and oxygen atoms in total. The lowest BCUT2D eigenvalue weighted by Gasteiger charge is -2.24. The highest BCUT2D eigenvalue weighted by Gasteiger charge is 2.44. The fraction of sp³-hybridized carbons (Fsp3) is 0.0870. The van der Waals surface area contributed by atoms with Gasteiger partial charge < -0.3 is 4.42 Å². The van der Waals surface area contributed by atoms with Crippen molar-refractivity contribution in [3.05, 3.63) is 103 Å². The Hall–Kier alpha value is -3.22. The Bertz CT molecular complexity index is 1450. The van der Waals surface area contributed by atoms with Gasteiger partial charge in [-0.15, -0.1) is 0 Å². The maximum atomic E-state index is 13.8. The number of carbonyl (C=O) groups is 1. The zero-order valence-electron chi connectivity index (χ0n) is 16.0. The van der Waals surface area contributed by atoms with Gasteiger partial charge in [0.2, 0.25) is 5.76 Å². The summed E-state index contributed by atoms with van der Waals surface area (Å²) >= 11 is 12.3. The summed E-state index contributed by atoms with van der Waals surface area (Å²) in [4.78, 5) is 32.7. The molecule has 1 amide bonds. The zero-order valence-corrected chi connectivity index (χ0v) is 17.5. The van der Waals surface area contributed by atoms with Crippen molar-refractivity contribution in [1.29, 1.82) is 0 Å². The third kappa shape index (κ3) is 3.10. The second-order valence-electron chi connectivity index (χ2n) is 7.20. The fourth-order valence-corrected chi connectivity index (χ4v) is 4.15. The van der Waals surface area contributed by atoms with Gasteiger partial charge in [-0.3, -0.25) is 14.5 Å². The minimum absolute atomic E-state index is 0.0515. The molecule has 0 saturated heterocycles. The van der Waals surface area contributed by atoms with Crippen LogP contribution in [-0.2, 0) is 0 Å².